The Hall–Kier alpha value is -0.680. The van der Waals surface area contributed by atoms with Crippen LogP contribution in [0.4, 0.5) is 4.39 Å². The van der Waals surface area contributed by atoms with Gasteiger partial charge in [0.1, 0.15) is 0 Å². The topological polar surface area (TPSA) is 26.3 Å². The van der Waals surface area contributed by atoms with Gasteiger partial charge < -0.3 is 4.74 Å². The van der Waals surface area contributed by atoms with Gasteiger partial charge in [-0.25, -0.2) is 4.39 Å². The highest BCUT2D eigenvalue weighted by Crippen LogP contribution is 2.34. The van der Waals surface area contributed by atoms with Crippen LogP contribution in [0.25, 0.3) is 0 Å². The van der Waals surface area contributed by atoms with Crippen LogP contribution in [0.5, 0.6) is 5.75 Å². The molecule has 0 aliphatic carbocycles. The highest BCUT2D eigenvalue weighted by molar-refractivity contribution is 8.07. The first kappa shape index (κ1) is 13.7. The summed E-state index contributed by atoms with van der Waals surface area (Å²) in [4.78, 5) is 12.4. The fraction of sp³-hybridized carbons (Fsp3) is 0.462. The van der Waals surface area contributed by atoms with Crippen LogP contribution in [-0.4, -0.2) is 34.9 Å². The highest BCUT2D eigenvalue weighted by atomic mass is 32.2. The summed E-state index contributed by atoms with van der Waals surface area (Å²) in [6.07, 6.45) is 0. The summed E-state index contributed by atoms with van der Waals surface area (Å²) in [7, 11) is 1.40. The predicted molar refractivity (Wildman–Crippen MR) is 75.4 cm³/mol. The molecular formula is C13H15FO2S2. The number of hydrogen-bond donors (Lipinski definition) is 0. The molecule has 1 aliphatic heterocycles. The highest BCUT2D eigenvalue weighted by Gasteiger charge is 2.31. The Kier molecular flexibility index (Phi) is 4.56. The van der Waals surface area contributed by atoms with E-state index in [1.54, 1.807) is 29.6 Å². The van der Waals surface area contributed by atoms with Crippen molar-refractivity contribution in [1.29, 1.82) is 0 Å². The fourth-order valence-electron chi connectivity index (χ4n) is 1.93. The molecule has 0 N–H and O–H groups in total. The van der Waals surface area contributed by atoms with Gasteiger partial charge in [0.05, 0.1) is 17.9 Å². The molecule has 18 heavy (non-hydrogen) atoms. The molecule has 0 amide bonds. The van der Waals surface area contributed by atoms with Gasteiger partial charge in [0.15, 0.2) is 17.3 Å². The van der Waals surface area contributed by atoms with E-state index in [0.29, 0.717) is 0 Å². The average molecular weight is 286 g/mol. The van der Waals surface area contributed by atoms with Crippen LogP contribution in [0.3, 0.4) is 0 Å². The van der Waals surface area contributed by atoms with Gasteiger partial charge in [-0.1, -0.05) is 13.0 Å². The van der Waals surface area contributed by atoms with Crippen molar-refractivity contribution in [2.75, 3.05) is 18.6 Å². The second kappa shape index (κ2) is 5.97. The molecule has 2 rings (SSSR count). The molecule has 2 atom stereocenters. The van der Waals surface area contributed by atoms with Crippen molar-refractivity contribution in [3.63, 3.8) is 0 Å². The van der Waals surface area contributed by atoms with E-state index in [9.17, 15) is 9.18 Å². The van der Waals surface area contributed by atoms with Crippen molar-refractivity contribution in [1.82, 2.24) is 0 Å². The third-order valence-corrected chi connectivity index (χ3v) is 5.98. The van der Waals surface area contributed by atoms with E-state index in [1.807, 2.05) is 6.92 Å². The normalized spacial score (nSPS) is 23.7. The first-order valence-electron chi connectivity index (χ1n) is 5.75. The lowest BCUT2D eigenvalue weighted by Crippen LogP contribution is -2.31. The Morgan fingerprint density at radius 3 is 2.78 bits per heavy atom. The molecule has 1 heterocycles. The van der Waals surface area contributed by atoms with Gasteiger partial charge in [-0.15, -0.1) is 11.8 Å². The molecule has 0 bridgehead atoms. The van der Waals surface area contributed by atoms with Gasteiger partial charge in [0.25, 0.3) is 0 Å². The van der Waals surface area contributed by atoms with Gasteiger partial charge in [0, 0.05) is 16.8 Å². The Labute approximate surface area is 115 Å². The Morgan fingerprint density at radius 1 is 1.39 bits per heavy atom. The minimum Gasteiger partial charge on any atom is -0.494 e. The van der Waals surface area contributed by atoms with E-state index in [0.717, 1.165) is 11.5 Å². The van der Waals surface area contributed by atoms with Gasteiger partial charge in [-0.05, 0) is 12.1 Å². The summed E-state index contributed by atoms with van der Waals surface area (Å²) >= 11 is 3.39. The van der Waals surface area contributed by atoms with Crippen molar-refractivity contribution in [2.45, 2.75) is 17.4 Å². The van der Waals surface area contributed by atoms with Crippen molar-refractivity contribution < 1.29 is 13.9 Å². The number of carbonyl (C=O) groups excluding carboxylic acids is 1. The molecular weight excluding hydrogens is 271 g/mol. The lowest BCUT2D eigenvalue weighted by molar-refractivity contribution is 0.0985. The zero-order valence-corrected chi connectivity index (χ0v) is 11.9. The number of hydrogen-bond acceptors (Lipinski definition) is 4. The Morgan fingerprint density at radius 2 is 2.11 bits per heavy atom. The smallest absolute Gasteiger partial charge is 0.179 e. The van der Waals surface area contributed by atoms with E-state index >= 15 is 0 Å². The predicted octanol–water partition coefficient (Wildman–Crippen LogP) is 3.25. The minimum absolute atomic E-state index is 0.127. The average Bonchev–Trinajstić information content (AvgIpc) is 2.39. The van der Waals surface area contributed by atoms with E-state index < -0.39 is 5.82 Å². The molecule has 1 saturated heterocycles. The SMILES string of the molecule is COc1cccc(C(=O)C2SCCSC2C)c1F. The molecule has 2 nitrogen and oxygen atoms in total. The molecule has 1 aromatic rings. The van der Waals surface area contributed by atoms with Gasteiger partial charge >= 0.3 is 0 Å². The maximum Gasteiger partial charge on any atom is 0.179 e. The maximum atomic E-state index is 14.0. The number of carbonyl (C=O) groups is 1. The molecule has 98 valence electrons. The molecule has 0 radical (unpaired) electrons. The summed E-state index contributed by atoms with van der Waals surface area (Å²) in [5.41, 5.74) is 0.140. The lowest BCUT2D eigenvalue weighted by Gasteiger charge is -2.26. The van der Waals surface area contributed by atoms with Crippen LogP contribution in [0.2, 0.25) is 0 Å². The number of methoxy groups -OCH3 is 1. The van der Waals surface area contributed by atoms with Crippen molar-refractivity contribution in [2.24, 2.45) is 0 Å². The van der Waals surface area contributed by atoms with Crippen molar-refractivity contribution in [3.8, 4) is 5.75 Å². The van der Waals surface area contributed by atoms with Crippen LogP contribution in [0.15, 0.2) is 18.2 Å². The van der Waals surface area contributed by atoms with Crippen LogP contribution < -0.4 is 4.74 Å². The number of rotatable bonds is 3. The lowest BCUT2D eigenvalue weighted by atomic mass is 10.1. The number of halogens is 1. The minimum atomic E-state index is -0.548. The van der Waals surface area contributed by atoms with E-state index in [2.05, 4.69) is 0 Å². The second-order valence-electron chi connectivity index (χ2n) is 4.05. The van der Waals surface area contributed by atoms with E-state index in [4.69, 9.17) is 4.74 Å². The molecule has 5 heteroatoms. The van der Waals surface area contributed by atoms with Crippen LogP contribution in [0.1, 0.15) is 17.3 Å². The van der Waals surface area contributed by atoms with Crippen molar-refractivity contribution >= 4 is 29.3 Å². The zero-order chi connectivity index (χ0) is 13.1. The summed E-state index contributed by atoms with van der Waals surface area (Å²) in [6.45, 7) is 2.03. The molecule has 2 unspecified atom stereocenters. The first-order valence-corrected chi connectivity index (χ1v) is 7.85. The molecule has 1 aromatic carbocycles. The summed E-state index contributed by atoms with van der Waals surface area (Å²) in [5, 5.41) is 0.0622. The Bertz CT molecular complexity index is 451. The quantitative estimate of drug-likeness (QED) is 0.797. The molecule has 0 saturated carbocycles. The molecule has 1 aliphatic rings. The molecule has 0 aromatic heterocycles. The second-order valence-corrected chi connectivity index (χ2v) is 6.79. The Balaban J connectivity index is 2.28. The van der Waals surface area contributed by atoms with Gasteiger partial charge in [-0.3, -0.25) is 4.79 Å². The van der Waals surface area contributed by atoms with E-state index in [1.165, 1.54) is 19.2 Å². The fourth-order valence-corrected chi connectivity index (χ4v) is 4.65. The van der Waals surface area contributed by atoms with Crippen LogP contribution >= 0.6 is 23.5 Å². The molecule has 1 fully saturated rings. The number of ketones is 1. The summed E-state index contributed by atoms with van der Waals surface area (Å²) in [5.74, 6) is 1.44. The number of thioether (sulfide) groups is 2. The van der Waals surface area contributed by atoms with Gasteiger partial charge in [0.2, 0.25) is 0 Å². The van der Waals surface area contributed by atoms with E-state index in [-0.39, 0.29) is 27.6 Å². The number of ether oxygens (including phenoxy) is 1. The standard InChI is InChI=1S/C13H15FO2S2/c1-8-13(18-7-6-17-8)12(15)9-4-3-5-10(16-2)11(9)14/h3-5,8,13H,6-7H2,1-2H3. The summed E-state index contributed by atoms with van der Waals surface area (Å²) < 4.78 is 19.0. The summed E-state index contributed by atoms with van der Waals surface area (Å²) in [6, 6.07) is 4.71. The third-order valence-electron chi connectivity index (χ3n) is 2.89. The molecule has 0 spiro atoms. The first-order chi connectivity index (χ1) is 8.65. The number of benzene rings is 1. The zero-order valence-electron chi connectivity index (χ0n) is 10.3. The van der Waals surface area contributed by atoms with Crippen LogP contribution in [-0.2, 0) is 0 Å². The monoisotopic (exact) mass is 286 g/mol. The number of Topliss-reactive ketones (excluding diaryl/α,β-unsaturated/α-hetero) is 1. The third kappa shape index (κ3) is 2.67. The van der Waals surface area contributed by atoms with Crippen molar-refractivity contribution in [3.05, 3.63) is 29.6 Å². The van der Waals surface area contributed by atoms with Crippen LogP contribution in [0, 0.1) is 5.82 Å². The van der Waals surface area contributed by atoms with Gasteiger partial charge in [-0.2, -0.15) is 11.8 Å². The maximum absolute atomic E-state index is 14.0. The largest absolute Gasteiger partial charge is 0.494 e.